The number of halogens is 3. The maximum absolute atomic E-state index is 12.0. The van der Waals surface area contributed by atoms with Crippen molar-refractivity contribution in [2.24, 2.45) is 5.73 Å². The Kier molecular flexibility index (Phi) is 3.54. The summed E-state index contributed by atoms with van der Waals surface area (Å²) in [6.07, 6.45) is -4.05. The number of rotatable bonds is 1. The van der Waals surface area contributed by atoms with Crippen LogP contribution >= 0.6 is 0 Å². The second-order valence-electron chi connectivity index (χ2n) is 3.52. The normalized spacial score (nSPS) is 19.5. The van der Waals surface area contributed by atoms with Crippen LogP contribution < -0.4 is 5.73 Å². The lowest BCUT2D eigenvalue weighted by Gasteiger charge is -2.26. The maximum Gasteiger partial charge on any atom is 0.497 e. The first-order valence-electron chi connectivity index (χ1n) is 4.73. The zero-order valence-electron chi connectivity index (χ0n) is 8.42. The van der Waals surface area contributed by atoms with Crippen LogP contribution in [0, 0.1) is 0 Å². The van der Waals surface area contributed by atoms with E-state index < -0.39 is 29.2 Å². The Balaban J connectivity index is 2.81. The van der Waals surface area contributed by atoms with Gasteiger partial charge in [-0.15, -0.1) is 0 Å². The summed E-state index contributed by atoms with van der Waals surface area (Å²) in [5.41, 5.74) is 5.08. The van der Waals surface area contributed by atoms with Gasteiger partial charge in [0, 0.05) is 12.8 Å². The fourth-order valence-electron chi connectivity index (χ4n) is 1.61. The number of hydroxylamine groups is 3. The molecule has 1 fully saturated rings. The predicted octanol–water partition coefficient (Wildman–Crippen LogP) is 0.103. The van der Waals surface area contributed by atoms with Crippen molar-refractivity contribution in [3.63, 3.8) is 0 Å². The molecular weight excluding hydrogens is 229 g/mol. The number of carbonyl (C=O) groups is 2. The van der Waals surface area contributed by atoms with Gasteiger partial charge < -0.3 is 5.73 Å². The van der Waals surface area contributed by atoms with Crippen LogP contribution in [0.3, 0.4) is 0 Å². The minimum absolute atomic E-state index is 0.0534. The molecule has 1 heterocycles. The molecule has 1 aliphatic heterocycles. The quantitative estimate of drug-likeness (QED) is 0.661. The summed E-state index contributed by atoms with van der Waals surface area (Å²) in [4.78, 5) is 26.4. The third-order valence-corrected chi connectivity index (χ3v) is 2.41. The summed E-state index contributed by atoms with van der Waals surface area (Å²) in [5.74, 6) is -3.06. The number of hydrogen-bond donors (Lipinski definition) is 1. The van der Waals surface area contributed by atoms with E-state index in [1.165, 1.54) is 0 Å². The average Bonchev–Trinajstić information content (AvgIpc) is 2.65. The molecule has 0 saturated carbocycles. The van der Waals surface area contributed by atoms with Crippen LogP contribution in [0.2, 0.25) is 0 Å². The standard InChI is InChI=1S/C8H12F3N2O3/c9-8(10,11)7(15)16-13(6(14)5-12)3-1-2-4-13/h1-5,12H2/q+1. The van der Waals surface area contributed by atoms with Crippen molar-refractivity contribution in [3.05, 3.63) is 0 Å². The first kappa shape index (κ1) is 12.9. The number of nitrogens with zero attached hydrogens (tertiary/aromatic N) is 1. The molecule has 5 nitrogen and oxygen atoms in total. The van der Waals surface area contributed by atoms with Crippen molar-refractivity contribution >= 4 is 11.9 Å². The lowest BCUT2D eigenvalue weighted by molar-refractivity contribution is -1.02. The fourth-order valence-corrected chi connectivity index (χ4v) is 1.61. The highest BCUT2D eigenvalue weighted by molar-refractivity contribution is 5.77. The van der Waals surface area contributed by atoms with Crippen molar-refractivity contribution in [3.8, 4) is 0 Å². The zero-order valence-corrected chi connectivity index (χ0v) is 8.42. The lowest BCUT2D eigenvalue weighted by atomic mass is 10.4. The van der Waals surface area contributed by atoms with Crippen molar-refractivity contribution < 1.29 is 32.2 Å². The van der Waals surface area contributed by atoms with Gasteiger partial charge in [0.2, 0.25) is 0 Å². The summed E-state index contributed by atoms with van der Waals surface area (Å²) < 4.78 is 35.1. The van der Waals surface area contributed by atoms with Gasteiger partial charge >= 0.3 is 18.1 Å². The first-order valence-corrected chi connectivity index (χ1v) is 4.73. The van der Waals surface area contributed by atoms with Crippen LogP contribution in [0.1, 0.15) is 12.8 Å². The van der Waals surface area contributed by atoms with E-state index in [0.717, 1.165) is 0 Å². The molecule has 92 valence electrons. The molecule has 1 saturated heterocycles. The average molecular weight is 241 g/mol. The lowest BCUT2D eigenvalue weighted by Crippen LogP contribution is -2.55. The third-order valence-electron chi connectivity index (χ3n) is 2.41. The molecule has 1 rings (SSSR count). The number of alkyl halides is 3. The predicted molar refractivity (Wildman–Crippen MR) is 45.4 cm³/mol. The number of carbonyl (C=O) groups excluding carboxylic acids is 2. The number of hydrogen-bond acceptors (Lipinski definition) is 4. The van der Waals surface area contributed by atoms with Crippen LogP contribution in [-0.4, -0.2) is 42.3 Å². The minimum atomic E-state index is -5.09. The molecule has 2 N–H and O–H groups in total. The van der Waals surface area contributed by atoms with Gasteiger partial charge in [-0.25, -0.2) is 9.59 Å². The van der Waals surface area contributed by atoms with Crippen molar-refractivity contribution in [2.45, 2.75) is 19.0 Å². The molecule has 0 radical (unpaired) electrons. The Morgan fingerprint density at radius 3 is 2.12 bits per heavy atom. The maximum atomic E-state index is 12.0. The molecule has 0 aliphatic carbocycles. The smallest absolute Gasteiger partial charge is 0.319 e. The van der Waals surface area contributed by atoms with E-state index in [0.29, 0.717) is 12.8 Å². The topological polar surface area (TPSA) is 69.4 Å². The van der Waals surface area contributed by atoms with Gasteiger partial charge in [-0.05, 0) is 0 Å². The first-order chi connectivity index (χ1) is 7.32. The SMILES string of the molecule is NCC(=O)[N+]1(OC(=O)C(F)(F)F)CCCC1. The van der Waals surface area contributed by atoms with E-state index in [4.69, 9.17) is 5.73 Å². The number of likely N-dealkylation sites (tertiary alicyclic amines) is 1. The molecule has 0 aromatic rings. The van der Waals surface area contributed by atoms with E-state index in [2.05, 4.69) is 4.84 Å². The molecule has 0 aromatic heterocycles. The van der Waals surface area contributed by atoms with Gasteiger partial charge in [0.05, 0.1) is 0 Å². The van der Waals surface area contributed by atoms with E-state index in [9.17, 15) is 22.8 Å². The summed E-state index contributed by atoms with van der Waals surface area (Å²) in [6, 6.07) is 0. The van der Waals surface area contributed by atoms with Gasteiger partial charge in [0.25, 0.3) is 0 Å². The number of nitrogens with two attached hydrogens (primary N) is 1. The fraction of sp³-hybridized carbons (Fsp3) is 0.750. The van der Waals surface area contributed by atoms with Gasteiger partial charge in [-0.2, -0.15) is 13.2 Å². The molecule has 0 atom stereocenters. The highest BCUT2D eigenvalue weighted by Crippen LogP contribution is 2.25. The van der Waals surface area contributed by atoms with Gasteiger partial charge in [0.15, 0.2) is 0 Å². The van der Waals surface area contributed by atoms with Crippen LogP contribution in [0.25, 0.3) is 0 Å². The summed E-state index contributed by atoms with van der Waals surface area (Å²) in [5, 5.41) is 0. The molecule has 0 bridgehead atoms. The summed E-state index contributed by atoms with van der Waals surface area (Å²) in [7, 11) is 0. The highest BCUT2D eigenvalue weighted by atomic mass is 19.4. The molecule has 0 spiro atoms. The number of quaternary nitrogens is 1. The molecule has 1 amide bonds. The van der Waals surface area contributed by atoms with Crippen LogP contribution in [0.15, 0.2) is 0 Å². The van der Waals surface area contributed by atoms with E-state index in [1.54, 1.807) is 0 Å². The van der Waals surface area contributed by atoms with E-state index >= 15 is 0 Å². The molecule has 0 aromatic carbocycles. The van der Waals surface area contributed by atoms with Crippen LogP contribution in [0.5, 0.6) is 0 Å². The van der Waals surface area contributed by atoms with E-state index in [-0.39, 0.29) is 13.1 Å². The van der Waals surface area contributed by atoms with Gasteiger partial charge in [-0.1, -0.05) is 4.65 Å². The molecule has 1 aliphatic rings. The van der Waals surface area contributed by atoms with Crippen LogP contribution in [0.4, 0.5) is 13.2 Å². The Labute approximate surface area is 89.5 Å². The second-order valence-corrected chi connectivity index (χ2v) is 3.52. The molecule has 8 heteroatoms. The Morgan fingerprint density at radius 1 is 1.25 bits per heavy atom. The molecule has 16 heavy (non-hydrogen) atoms. The minimum Gasteiger partial charge on any atom is -0.319 e. The van der Waals surface area contributed by atoms with Gasteiger partial charge in [-0.3, -0.25) is 4.84 Å². The van der Waals surface area contributed by atoms with Gasteiger partial charge in [0.1, 0.15) is 19.6 Å². The molecular formula is C8H12F3N2O3+. The summed E-state index contributed by atoms with van der Waals surface area (Å²) >= 11 is 0. The zero-order chi connectivity index (χ0) is 12.4. The third kappa shape index (κ3) is 2.50. The largest absolute Gasteiger partial charge is 0.497 e. The Hall–Kier alpha value is -1.15. The highest BCUT2D eigenvalue weighted by Gasteiger charge is 2.51. The summed E-state index contributed by atoms with van der Waals surface area (Å²) in [6.45, 7) is -0.346. The van der Waals surface area contributed by atoms with Crippen LogP contribution in [-0.2, 0) is 14.4 Å². The molecule has 0 unspecified atom stereocenters. The van der Waals surface area contributed by atoms with Crippen molar-refractivity contribution in [1.29, 1.82) is 0 Å². The Morgan fingerprint density at radius 2 is 1.75 bits per heavy atom. The van der Waals surface area contributed by atoms with Crippen molar-refractivity contribution in [1.82, 2.24) is 0 Å². The van der Waals surface area contributed by atoms with E-state index in [1.807, 2.05) is 0 Å². The second kappa shape index (κ2) is 4.38. The number of amides is 1. The van der Waals surface area contributed by atoms with Crippen molar-refractivity contribution in [2.75, 3.05) is 19.6 Å². The monoisotopic (exact) mass is 241 g/mol. The Bertz CT molecular complexity index is 297.